The molecule has 39 heavy (non-hydrogen) atoms. The van der Waals surface area contributed by atoms with Crippen LogP contribution in [0.5, 0.6) is 5.75 Å². The highest BCUT2D eigenvalue weighted by atomic mass is 35.5. The van der Waals surface area contributed by atoms with Gasteiger partial charge in [-0.1, -0.05) is 62.2 Å². The van der Waals surface area contributed by atoms with Crippen molar-refractivity contribution in [3.63, 3.8) is 0 Å². The largest absolute Gasteiger partial charge is 0.487 e. The first-order valence-corrected chi connectivity index (χ1v) is 15.8. The van der Waals surface area contributed by atoms with Crippen molar-refractivity contribution < 1.29 is 14.6 Å². The molecule has 0 saturated carbocycles. The molecule has 0 fully saturated rings. The Kier molecular flexibility index (Phi) is 9.00. The number of aromatic nitrogens is 2. The summed E-state index contributed by atoms with van der Waals surface area (Å²) in [5, 5.41) is 14.8. The number of hydrogen-bond acceptors (Lipinski definition) is 3. The second-order valence-electron chi connectivity index (χ2n) is 9.99. The molecule has 0 bridgehead atoms. The number of carboxylic acids is 1. The van der Waals surface area contributed by atoms with Crippen molar-refractivity contribution in [1.29, 1.82) is 0 Å². The maximum absolute atomic E-state index is 11.1. The Morgan fingerprint density at radius 1 is 1.08 bits per heavy atom. The molecule has 0 radical (unpaired) electrons. The SMILES string of the molecule is CCS(C)(c1ccc(CC(=O)O)cc1)c1ccc(OCc2c(C(C)C)cnn2-c2c(Cl)cccc2Cl)cc1C. The number of rotatable bonds is 10. The molecule has 0 aliphatic rings. The van der Waals surface area contributed by atoms with Gasteiger partial charge in [0, 0.05) is 0 Å². The standard InChI is InChI=1S/C31H34Cl2N2O3S/c1-6-39(5,24-13-10-22(11-14-24)17-30(36)37)29-15-12-23(16-21(29)4)38-19-28-25(20(2)3)18-34-35(28)31-26(32)8-7-9-27(31)33/h7-16,18,20H,6,17,19H2,1-5H3,(H,36,37). The van der Waals surface area contributed by atoms with Gasteiger partial charge in [0.2, 0.25) is 0 Å². The summed E-state index contributed by atoms with van der Waals surface area (Å²) in [5.74, 6) is 1.18. The summed E-state index contributed by atoms with van der Waals surface area (Å²) in [6.07, 6.45) is 4.20. The Labute approximate surface area is 242 Å². The van der Waals surface area contributed by atoms with Gasteiger partial charge in [0.15, 0.2) is 0 Å². The lowest BCUT2D eigenvalue weighted by atomic mass is 10.0. The van der Waals surface area contributed by atoms with Gasteiger partial charge in [-0.3, -0.25) is 4.79 Å². The lowest BCUT2D eigenvalue weighted by molar-refractivity contribution is -0.136. The van der Waals surface area contributed by atoms with Gasteiger partial charge in [0.25, 0.3) is 0 Å². The van der Waals surface area contributed by atoms with Gasteiger partial charge in [-0.2, -0.15) is 15.1 Å². The Morgan fingerprint density at radius 3 is 2.31 bits per heavy atom. The molecule has 8 heteroatoms. The highest BCUT2D eigenvalue weighted by Crippen LogP contribution is 2.60. The van der Waals surface area contributed by atoms with Crippen LogP contribution >= 0.6 is 33.2 Å². The fourth-order valence-electron chi connectivity index (χ4n) is 4.80. The van der Waals surface area contributed by atoms with Gasteiger partial charge in [-0.05, 0) is 93.8 Å². The quantitative estimate of drug-likeness (QED) is 0.202. The molecule has 5 nitrogen and oxygen atoms in total. The van der Waals surface area contributed by atoms with Crippen LogP contribution in [-0.2, 0) is 17.8 Å². The number of hydrogen-bond donors (Lipinski definition) is 1. The highest BCUT2D eigenvalue weighted by molar-refractivity contribution is 8.33. The van der Waals surface area contributed by atoms with E-state index in [0.29, 0.717) is 22.3 Å². The molecule has 1 heterocycles. The summed E-state index contributed by atoms with van der Waals surface area (Å²) >= 11 is 13.0. The predicted octanol–water partition coefficient (Wildman–Crippen LogP) is 8.69. The Balaban J connectivity index is 1.61. The van der Waals surface area contributed by atoms with Crippen LogP contribution in [0.4, 0.5) is 0 Å². The third kappa shape index (κ3) is 6.13. The monoisotopic (exact) mass is 584 g/mol. The second-order valence-corrected chi connectivity index (χ2v) is 14.5. The zero-order valence-electron chi connectivity index (χ0n) is 22.9. The first-order chi connectivity index (χ1) is 18.5. The molecule has 1 aromatic heterocycles. The molecule has 1 unspecified atom stereocenters. The van der Waals surface area contributed by atoms with E-state index in [-0.39, 0.29) is 12.3 Å². The number of carbonyl (C=O) groups is 1. The molecule has 206 valence electrons. The van der Waals surface area contributed by atoms with Crippen LogP contribution < -0.4 is 4.74 Å². The zero-order chi connectivity index (χ0) is 28.3. The first-order valence-electron chi connectivity index (χ1n) is 12.9. The van der Waals surface area contributed by atoms with Gasteiger partial charge >= 0.3 is 5.97 Å². The van der Waals surface area contributed by atoms with Gasteiger partial charge in [-0.15, -0.1) is 0 Å². The van der Waals surface area contributed by atoms with E-state index in [1.165, 1.54) is 9.79 Å². The fraction of sp³-hybridized carbons (Fsp3) is 0.290. The number of aryl methyl sites for hydroxylation is 1. The Hall–Kier alpha value is -2.93. The maximum atomic E-state index is 11.1. The lowest BCUT2D eigenvalue weighted by Gasteiger charge is -2.37. The molecule has 0 spiro atoms. The lowest BCUT2D eigenvalue weighted by Crippen LogP contribution is -2.10. The van der Waals surface area contributed by atoms with Gasteiger partial charge in [-0.25, -0.2) is 4.68 Å². The molecule has 1 N–H and O–H groups in total. The molecule has 0 aliphatic carbocycles. The van der Waals surface area contributed by atoms with E-state index in [0.717, 1.165) is 33.9 Å². The number of nitrogens with zero attached hydrogens (tertiary/aromatic N) is 2. The molecule has 0 aliphatic heterocycles. The summed E-state index contributed by atoms with van der Waals surface area (Å²) in [5.41, 5.74) is 4.60. The minimum absolute atomic E-state index is 0.0314. The minimum atomic E-state index is -1.30. The van der Waals surface area contributed by atoms with Crippen molar-refractivity contribution in [3.8, 4) is 11.4 Å². The molecular weight excluding hydrogens is 551 g/mol. The molecule has 1 atom stereocenters. The maximum Gasteiger partial charge on any atom is 0.307 e. The Morgan fingerprint density at radius 2 is 1.74 bits per heavy atom. The molecule has 3 aromatic carbocycles. The summed E-state index contributed by atoms with van der Waals surface area (Å²) in [4.78, 5) is 13.6. The van der Waals surface area contributed by atoms with Crippen LogP contribution in [0.3, 0.4) is 0 Å². The van der Waals surface area contributed by atoms with Crippen molar-refractivity contribution in [3.05, 3.63) is 99.3 Å². The van der Waals surface area contributed by atoms with E-state index in [2.05, 4.69) is 63.3 Å². The van der Waals surface area contributed by atoms with Gasteiger partial charge in [0.1, 0.15) is 18.0 Å². The van der Waals surface area contributed by atoms with Crippen molar-refractivity contribution in [2.45, 2.75) is 56.4 Å². The number of para-hydroxylation sites is 1. The van der Waals surface area contributed by atoms with Crippen molar-refractivity contribution in [2.24, 2.45) is 0 Å². The van der Waals surface area contributed by atoms with Crippen LogP contribution in [0.15, 0.2) is 76.7 Å². The third-order valence-corrected chi connectivity index (χ3v) is 11.6. The number of aliphatic carboxylic acids is 1. The molecule has 4 rings (SSSR count). The third-order valence-electron chi connectivity index (χ3n) is 7.06. The summed E-state index contributed by atoms with van der Waals surface area (Å²) < 4.78 is 8.12. The number of ether oxygens (including phenoxy) is 1. The van der Waals surface area contributed by atoms with E-state index in [1.807, 2.05) is 30.5 Å². The average molecular weight is 586 g/mol. The number of carboxylic acid groups (broad SMARTS) is 1. The summed E-state index contributed by atoms with van der Waals surface area (Å²) in [6, 6.07) is 19.7. The smallest absolute Gasteiger partial charge is 0.307 e. The highest BCUT2D eigenvalue weighted by Gasteiger charge is 2.24. The molecule has 0 saturated heterocycles. The average Bonchev–Trinajstić information content (AvgIpc) is 3.31. The van der Waals surface area contributed by atoms with Crippen molar-refractivity contribution >= 4 is 39.2 Å². The normalized spacial score (nSPS) is 13.7. The van der Waals surface area contributed by atoms with E-state index < -0.39 is 16.0 Å². The number of benzene rings is 3. The minimum Gasteiger partial charge on any atom is -0.487 e. The van der Waals surface area contributed by atoms with E-state index in [1.54, 1.807) is 16.8 Å². The van der Waals surface area contributed by atoms with Crippen molar-refractivity contribution in [2.75, 3.05) is 12.0 Å². The van der Waals surface area contributed by atoms with Crippen LogP contribution in [0.1, 0.15) is 49.1 Å². The molecule has 0 amide bonds. The first kappa shape index (κ1) is 29.1. The second kappa shape index (κ2) is 12.1. The van der Waals surface area contributed by atoms with E-state index in [4.69, 9.17) is 33.0 Å². The topological polar surface area (TPSA) is 64.3 Å². The Bertz CT molecular complexity index is 1460. The molecule has 4 aromatic rings. The fourth-order valence-corrected chi connectivity index (χ4v) is 8.13. The predicted molar refractivity (Wildman–Crippen MR) is 162 cm³/mol. The van der Waals surface area contributed by atoms with Crippen LogP contribution in [-0.4, -0.2) is 32.9 Å². The van der Waals surface area contributed by atoms with Crippen LogP contribution in [0, 0.1) is 6.92 Å². The van der Waals surface area contributed by atoms with E-state index in [9.17, 15) is 4.79 Å². The summed E-state index contributed by atoms with van der Waals surface area (Å²) in [7, 11) is -1.30. The summed E-state index contributed by atoms with van der Waals surface area (Å²) in [6.45, 7) is 8.89. The van der Waals surface area contributed by atoms with Crippen molar-refractivity contribution in [1.82, 2.24) is 9.78 Å². The molecular formula is C31H34Cl2N2O3S. The van der Waals surface area contributed by atoms with Crippen LogP contribution in [0.2, 0.25) is 10.0 Å². The van der Waals surface area contributed by atoms with Crippen LogP contribution in [0.25, 0.3) is 5.69 Å². The zero-order valence-corrected chi connectivity index (χ0v) is 25.2. The van der Waals surface area contributed by atoms with Gasteiger partial charge < -0.3 is 9.84 Å². The number of halogens is 2. The van der Waals surface area contributed by atoms with Gasteiger partial charge in [0.05, 0.1) is 28.4 Å². The van der Waals surface area contributed by atoms with E-state index >= 15 is 0 Å².